The molecule has 0 saturated carbocycles. The summed E-state index contributed by atoms with van der Waals surface area (Å²) in [7, 11) is 0. The minimum Gasteiger partial charge on any atom is -0.454 e. The summed E-state index contributed by atoms with van der Waals surface area (Å²) in [5, 5.41) is 3.20. The van der Waals surface area contributed by atoms with Crippen molar-refractivity contribution < 1.29 is 23.8 Å². The largest absolute Gasteiger partial charge is 0.454 e. The van der Waals surface area contributed by atoms with Gasteiger partial charge in [0.2, 0.25) is 6.79 Å². The van der Waals surface area contributed by atoms with Gasteiger partial charge in [0.1, 0.15) is 0 Å². The summed E-state index contributed by atoms with van der Waals surface area (Å²) in [6.07, 6.45) is 2.82. The van der Waals surface area contributed by atoms with Crippen LogP contribution in [0.15, 0.2) is 42.5 Å². The number of rotatable bonds is 5. The maximum Gasteiger partial charge on any atom is 0.331 e. The highest BCUT2D eigenvalue weighted by atomic mass is 35.5. The first-order valence-electron chi connectivity index (χ1n) is 7.82. The van der Waals surface area contributed by atoms with E-state index in [-0.39, 0.29) is 6.79 Å². The maximum absolute atomic E-state index is 11.9. The first-order valence-corrected chi connectivity index (χ1v) is 8.20. The number of esters is 1. The molecule has 3 rings (SSSR count). The van der Waals surface area contributed by atoms with Crippen LogP contribution in [0.25, 0.3) is 6.08 Å². The topological polar surface area (TPSA) is 73.9 Å². The third-order valence-corrected chi connectivity index (χ3v) is 4.11. The average Bonchev–Trinajstić information content (AvgIpc) is 3.10. The summed E-state index contributed by atoms with van der Waals surface area (Å²) in [6.45, 7) is 1.58. The van der Waals surface area contributed by atoms with Crippen LogP contribution in [0.5, 0.6) is 11.5 Å². The van der Waals surface area contributed by atoms with Gasteiger partial charge in [0.05, 0.1) is 0 Å². The minimum absolute atomic E-state index is 0.186. The van der Waals surface area contributed by atoms with Gasteiger partial charge in [0, 0.05) is 16.8 Å². The predicted molar refractivity (Wildman–Crippen MR) is 97.4 cm³/mol. The zero-order valence-electron chi connectivity index (χ0n) is 14.0. The molecule has 0 aliphatic carbocycles. The Hall–Kier alpha value is -2.99. The second-order valence-corrected chi connectivity index (χ2v) is 5.92. The van der Waals surface area contributed by atoms with E-state index in [0.29, 0.717) is 22.2 Å². The number of benzene rings is 2. The molecule has 0 bridgehead atoms. The fraction of sp³-hybridized carbons (Fsp3) is 0.158. The first kappa shape index (κ1) is 17.8. The lowest BCUT2D eigenvalue weighted by Crippen LogP contribution is -2.20. The molecule has 26 heavy (non-hydrogen) atoms. The maximum atomic E-state index is 11.9. The molecule has 1 N–H and O–H groups in total. The van der Waals surface area contributed by atoms with Crippen LogP contribution in [0, 0.1) is 6.92 Å². The molecular weight excluding hydrogens is 358 g/mol. The molecule has 0 saturated heterocycles. The van der Waals surface area contributed by atoms with Crippen LogP contribution in [0.3, 0.4) is 0 Å². The van der Waals surface area contributed by atoms with Crippen LogP contribution in [-0.4, -0.2) is 25.3 Å². The number of anilines is 1. The van der Waals surface area contributed by atoms with Gasteiger partial charge in [-0.25, -0.2) is 4.79 Å². The lowest BCUT2D eigenvalue weighted by molar-refractivity contribution is -0.142. The Morgan fingerprint density at radius 3 is 2.88 bits per heavy atom. The molecule has 0 atom stereocenters. The fourth-order valence-corrected chi connectivity index (χ4v) is 2.47. The number of nitrogens with one attached hydrogen (secondary N) is 1. The minimum atomic E-state index is -0.624. The number of fused-ring (bicyclic) bond motifs is 1. The number of carbonyl (C=O) groups is 2. The van der Waals surface area contributed by atoms with E-state index in [1.54, 1.807) is 49.4 Å². The predicted octanol–water partition coefficient (Wildman–Crippen LogP) is 3.57. The van der Waals surface area contributed by atoms with E-state index in [2.05, 4.69) is 5.32 Å². The number of carbonyl (C=O) groups excluding carboxylic acids is 2. The Bertz CT molecular complexity index is 878. The summed E-state index contributed by atoms with van der Waals surface area (Å²) in [4.78, 5) is 23.7. The standard InChI is InChI=1S/C19H16ClNO5/c1-12-14(20)3-2-4-15(12)21-18(22)10-24-19(23)8-6-13-5-7-16-17(9-13)26-11-25-16/h2-9H,10-11H2,1H3,(H,21,22). The van der Waals surface area contributed by atoms with Crippen molar-refractivity contribution >= 4 is 35.2 Å². The van der Waals surface area contributed by atoms with Crippen LogP contribution in [0.4, 0.5) is 5.69 Å². The molecule has 7 heteroatoms. The molecule has 0 aromatic heterocycles. The lowest BCUT2D eigenvalue weighted by atomic mass is 10.2. The Morgan fingerprint density at radius 1 is 1.23 bits per heavy atom. The Morgan fingerprint density at radius 2 is 2.04 bits per heavy atom. The second-order valence-electron chi connectivity index (χ2n) is 5.51. The summed E-state index contributed by atoms with van der Waals surface area (Å²) in [5.41, 5.74) is 2.08. The van der Waals surface area contributed by atoms with E-state index in [9.17, 15) is 9.59 Å². The molecule has 1 heterocycles. The third kappa shape index (κ3) is 4.34. The molecule has 0 spiro atoms. The highest BCUT2D eigenvalue weighted by Crippen LogP contribution is 2.32. The zero-order chi connectivity index (χ0) is 18.5. The molecule has 1 amide bonds. The summed E-state index contributed by atoms with van der Waals surface area (Å²) >= 11 is 6.00. The van der Waals surface area contributed by atoms with Gasteiger partial charge in [-0.1, -0.05) is 23.7 Å². The Kier molecular flexibility index (Phi) is 5.43. The zero-order valence-corrected chi connectivity index (χ0v) is 14.7. The molecular formula is C19H16ClNO5. The highest BCUT2D eigenvalue weighted by Gasteiger charge is 2.12. The summed E-state index contributed by atoms with van der Waals surface area (Å²) in [5.74, 6) is 0.218. The monoisotopic (exact) mass is 373 g/mol. The molecule has 0 unspecified atom stereocenters. The van der Waals surface area contributed by atoms with Gasteiger partial charge in [0.25, 0.3) is 5.91 Å². The van der Waals surface area contributed by atoms with Crippen molar-refractivity contribution in [3.8, 4) is 11.5 Å². The third-order valence-electron chi connectivity index (χ3n) is 3.70. The SMILES string of the molecule is Cc1c(Cl)cccc1NC(=O)COC(=O)C=Cc1ccc2c(c1)OCO2. The molecule has 2 aromatic rings. The van der Waals surface area contributed by atoms with Crippen LogP contribution >= 0.6 is 11.6 Å². The first-order chi connectivity index (χ1) is 12.5. The van der Waals surface area contributed by atoms with Crippen molar-refractivity contribution in [2.24, 2.45) is 0 Å². The van der Waals surface area contributed by atoms with Gasteiger partial charge in [0.15, 0.2) is 18.1 Å². The summed E-state index contributed by atoms with van der Waals surface area (Å²) in [6, 6.07) is 10.5. The van der Waals surface area contributed by atoms with Gasteiger partial charge in [-0.3, -0.25) is 4.79 Å². The van der Waals surface area contributed by atoms with Crippen LogP contribution < -0.4 is 14.8 Å². The number of hydrogen-bond acceptors (Lipinski definition) is 5. The van der Waals surface area contributed by atoms with Crippen molar-refractivity contribution in [3.63, 3.8) is 0 Å². The summed E-state index contributed by atoms with van der Waals surface area (Å²) < 4.78 is 15.4. The number of halogens is 1. The molecule has 134 valence electrons. The normalized spacial score (nSPS) is 12.2. The second kappa shape index (κ2) is 7.93. The van der Waals surface area contributed by atoms with Gasteiger partial charge in [-0.05, 0) is 48.4 Å². The number of amides is 1. The highest BCUT2D eigenvalue weighted by molar-refractivity contribution is 6.31. The molecule has 0 radical (unpaired) electrons. The van der Waals surface area contributed by atoms with E-state index >= 15 is 0 Å². The van der Waals surface area contributed by atoms with Crippen molar-refractivity contribution in [1.29, 1.82) is 0 Å². The van der Waals surface area contributed by atoms with E-state index < -0.39 is 18.5 Å². The molecule has 0 fully saturated rings. The van der Waals surface area contributed by atoms with Gasteiger partial charge in [-0.2, -0.15) is 0 Å². The van der Waals surface area contributed by atoms with E-state index in [0.717, 1.165) is 11.1 Å². The van der Waals surface area contributed by atoms with E-state index in [1.165, 1.54) is 6.08 Å². The van der Waals surface area contributed by atoms with Gasteiger partial charge >= 0.3 is 5.97 Å². The van der Waals surface area contributed by atoms with Crippen molar-refractivity contribution in [2.75, 3.05) is 18.7 Å². The van der Waals surface area contributed by atoms with Crippen LogP contribution in [-0.2, 0) is 14.3 Å². The van der Waals surface area contributed by atoms with Gasteiger partial charge in [-0.15, -0.1) is 0 Å². The molecule has 6 nitrogen and oxygen atoms in total. The van der Waals surface area contributed by atoms with Crippen LogP contribution in [0.2, 0.25) is 5.02 Å². The van der Waals surface area contributed by atoms with Crippen molar-refractivity contribution in [1.82, 2.24) is 0 Å². The molecule has 1 aliphatic heterocycles. The van der Waals surface area contributed by atoms with E-state index in [4.69, 9.17) is 25.8 Å². The fourth-order valence-electron chi connectivity index (χ4n) is 2.30. The van der Waals surface area contributed by atoms with E-state index in [1.807, 2.05) is 0 Å². The lowest BCUT2D eigenvalue weighted by Gasteiger charge is -2.09. The van der Waals surface area contributed by atoms with Gasteiger partial charge < -0.3 is 19.5 Å². The quantitative estimate of drug-likeness (QED) is 0.640. The Balaban J connectivity index is 1.50. The molecule has 2 aromatic carbocycles. The molecule has 1 aliphatic rings. The average molecular weight is 374 g/mol. The number of ether oxygens (including phenoxy) is 3. The number of hydrogen-bond donors (Lipinski definition) is 1. The smallest absolute Gasteiger partial charge is 0.331 e. The van der Waals surface area contributed by atoms with Crippen LogP contribution in [0.1, 0.15) is 11.1 Å². The van der Waals surface area contributed by atoms with Crippen molar-refractivity contribution in [2.45, 2.75) is 6.92 Å². The van der Waals surface area contributed by atoms with Crippen molar-refractivity contribution in [3.05, 3.63) is 58.6 Å². The Labute approximate surface area is 155 Å².